The molecule has 0 radical (unpaired) electrons. The van der Waals surface area contributed by atoms with Crippen LogP contribution < -0.4 is 4.72 Å². The molecule has 0 amide bonds. The minimum Gasteiger partial charge on any atom is -0.383 e. The first-order chi connectivity index (χ1) is 11.7. The molecule has 0 atom stereocenters. The molecule has 0 spiro atoms. The maximum absolute atomic E-state index is 12.6. The molecule has 0 aliphatic heterocycles. The van der Waals surface area contributed by atoms with E-state index in [4.69, 9.17) is 4.74 Å². The van der Waals surface area contributed by atoms with Gasteiger partial charge in [0.2, 0.25) is 15.8 Å². The molecule has 0 saturated carbocycles. The molecule has 0 fully saturated rings. The number of aromatic nitrogens is 1. The molecule has 0 bridgehead atoms. The fourth-order valence-corrected chi connectivity index (χ4v) is 3.50. The Balaban J connectivity index is 2.41. The Morgan fingerprint density at radius 2 is 2.00 bits per heavy atom. The summed E-state index contributed by atoms with van der Waals surface area (Å²) in [4.78, 5) is -0.0137. The standard InChI is InChI=1S/C15H17F3N2O4S/c1-3-10-4-5-11(12-9-14(24-20-12)15(16,17)18)8-13(10)25(21,22)19-6-7-23-2/h4-5,8-9,19H,3,6-7H2,1-2H3. The van der Waals surface area contributed by atoms with E-state index < -0.39 is 22.0 Å². The second-order valence-electron chi connectivity index (χ2n) is 5.14. The van der Waals surface area contributed by atoms with Gasteiger partial charge in [0.15, 0.2) is 0 Å². The van der Waals surface area contributed by atoms with E-state index in [0.29, 0.717) is 12.0 Å². The van der Waals surface area contributed by atoms with E-state index in [-0.39, 0.29) is 29.3 Å². The van der Waals surface area contributed by atoms with Crippen LogP contribution in [0.15, 0.2) is 33.7 Å². The van der Waals surface area contributed by atoms with Crippen LogP contribution in [-0.2, 0) is 27.4 Å². The zero-order valence-electron chi connectivity index (χ0n) is 13.6. The number of rotatable bonds is 7. The number of alkyl halides is 3. The van der Waals surface area contributed by atoms with Gasteiger partial charge < -0.3 is 9.26 Å². The maximum Gasteiger partial charge on any atom is 0.452 e. The smallest absolute Gasteiger partial charge is 0.383 e. The third kappa shape index (κ3) is 4.59. The van der Waals surface area contributed by atoms with Crippen molar-refractivity contribution in [2.45, 2.75) is 24.4 Å². The van der Waals surface area contributed by atoms with Crippen molar-refractivity contribution in [3.8, 4) is 11.3 Å². The summed E-state index contributed by atoms with van der Waals surface area (Å²) in [6.45, 7) is 2.05. The van der Waals surface area contributed by atoms with Gasteiger partial charge >= 0.3 is 6.18 Å². The molecule has 1 N–H and O–H groups in total. The van der Waals surface area contributed by atoms with Crippen LogP contribution in [0.2, 0.25) is 0 Å². The molecule has 6 nitrogen and oxygen atoms in total. The molecule has 0 unspecified atom stereocenters. The predicted octanol–water partition coefficient (Wildman–Crippen LogP) is 2.85. The highest BCUT2D eigenvalue weighted by Crippen LogP contribution is 2.33. The van der Waals surface area contributed by atoms with Gasteiger partial charge in [-0.3, -0.25) is 0 Å². The Hall–Kier alpha value is -1.91. The number of halogens is 3. The van der Waals surface area contributed by atoms with Crippen molar-refractivity contribution in [3.05, 3.63) is 35.6 Å². The molecule has 0 aliphatic rings. The monoisotopic (exact) mass is 378 g/mol. The second kappa shape index (κ2) is 7.54. The lowest BCUT2D eigenvalue weighted by Crippen LogP contribution is -2.28. The molecule has 0 saturated heterocycles. The van der Waals surface area contributed by atoms with E-state index in [2.05, 4.69) is 14.4 Å². The van der Waals surface area contributed by atoms with Crippen molar-refractivity contribution in [2.24, 2.45) is 0 Å². The number of nitrogens with zero attached hydrogens (tertiary/aromatic N) is 1. The Labute approximate surface area is 143 Å². The molecule has 0 aliphatic carbocycles. The van der Waals surface area contributed by atoms with Gasteiger partial charge in [-0.25, -0.2) is 13.1 Å². The Morgan fingerprint density at radius 3 is 2.56 bits per heavy atom. The van der Waals surface area contributed by atoms with E-state index in [1.165, 1.54) is 19.2 Å². The zero-order valence-corrected chi connectivity index (χ0v) is 14.4. The van der Waals surface area contributed by atoms with E-state index in [0.717, 1.165) is 6.07 Å². The number of ether oxygens (including phenoxy) is 1. The van der Waals surface area contributed by atoms with Gasteiger partial charge in [0.1, 0.15) is 5.69 Å². The van der Waals surface area contributed by atoms with Crippen LogP contribution in [0.5, 0.6) is 0 Å². The van der Waals surface area contributed by atoms with E-state index >= 15 is 0 Å². The van der Waals surface area contributed by atoms with Crippen LogP contribution in [0.1, 0.15) is 18.2 Å². The Morgan fingerprint density at radius 1 is 1.28 bits per heavy atom. The minimum atomic E-state index is -4.66. The zero-order chi connectivity index (χ0) is 18.7. The summed E-state index contributed by atoms with van der Waals surface area (Å²) in [7, 11) is -2.40. The lowest BCUT2D eigenvalue weighted by molar-refractivity contribution is -0.155. The fourth-order valence-electron chi connectivity index (χ4n) is 2.16. The lowest BCUT2D eigenvalue weighted by atomic mass is 10.1. The summed E-state index contributed by atoms with van der Waals surface area (Å²) in [6.07, 6.45) is -4.22. The van der Waals surface area contributed by atoms with Gasteiger partial charge in [0.25, 0.3) is 0 Å². The molecule has 2 aromatic rings. The normalized spacial score (nSPS) is 12.5. The molecule has 1 heterocycles. The van der Waals surface area contributed by atoms with Crippen molar-refractivity contribution in [1.29, 1.82) is 0 Å². The second-order valence-corrected chi connectivity index (χ2v) is 6.88. The van der Waals surface area contributed by atoms with Crippen LogP contribution in [0.4, 0.5) is 13.2 Å². The average Bonchev–Trinajstić information content (AvgIpc) is 3.04. The number of benzene rings is 1. The maximum atomic E-state index is 12.6. The quantitative estimate of drug-likeness (QED) is 0.750. The van der Waals surface area contributed by atoms with Crippen LogP contribution in [0, 0.1) is 0 Å². The highest BCUT2D eigenvalue weighted by Gasteiger charge is 2.36. The van der Waals surface area contributed by atoms with E-state index in [9.17, 15) is 21.6 Å². The van der Waals surface area contributed by atoms with Gasteiger partial charge in [-0.2, -0.15) is 13.2 Å². The van der Waals surface area contributed by atoms with Crippen LogP contribution in [-0.4, -0.2) is 33.8 Å². The van der Waals surface area contributed by atoms with E-state index in [1.807, 2.05) is 0 Å². The highest BCUT2D eigenvalue weighted by atomic mass is 32.2. The number of nitrogens with one attached hydrogen (secondary N) is 1. The first kappa shape index (κ1) is 19.4. The molecule has 10 heteroatoms. The van der Waals surface area contributed by atoms with Gasteiger partial charge in [0.05, 0.1) is 11.5 Å². The summed E-state index contributed by atoms with van der Waals surface area (Å²) in [5.74, 6) is -1.25. The van der Waals surface area contributed by atoms with Gasteiger partial charge in [-0.15, -0.1) is 0 Å². The molecule has 2 rings (SSSR count). The van der Waals surface area contributed by atoms with Crippen LogP contribution >= 0.6 is 0 Å². The minimum absolute atomic E-state index is 0.0137. The highest BCUT2D eigenvalue weighted by molar-refractivity contribution is 7.89. The third-order valence-electron chi connectivity index (χ3n) is 3.42. The molecular formula is C15H17F3N2O4S. The number of sulfonamides is 1. The van der Waals surface area contributed by atoms with Crippen LogP contribution in [0.3, 0.4) is 0 Å². The first-order valence-corrected chi connectivity index (χ1v) is 8.83. The van der Waals surface area contributed by atoms with Crippen LogP contribution in [0.25, 0.3) is 11.3 Å². The summed E-state index contributed by atoms with van der Waals surface area (Å²) in [6, 6.07) is 5.06. The number of methoxy groups -OCH3 is 1. The fraction of sp³-hybridized carbons (Fsp3) is 0.400. The summed E-state index contributed by atoms with van der Waals surface area (Å²) >= 11 is 0. The van der Waals surface area contributed by atoms with Gasteiger partial charge in [-0.05, 0) is 18.1 Å². The SMILES string of the molecule is CCc1ccc(-c2cc(C(F)(F)F)on2)cc1S(=O)(=O)NCCOC. The number of hydrogen-bond donors (Lipinski definition) is 1. The Kier molecular flexibility index (Phi) is 5.86. The molecular weight excluding hydrogens is 361 g/mol. The van der Waals surface area contributed by atoms with Gasteiger partial charge in [0, 0.05) is 25.3 Å². The topological polar surface area (TPSA) is 81.4 Å². The van der Waals surface area contributed by atoms with Crippen molar-refractivity contribution >= 4 is 10.0 Å². The van der Waals surface area contributed by atoms with E-state index in [1.54, 1.807) is 13.0 Å². The lowest BCUT2D eigenvalue weighted by Gasteiger charge is -2.11. The Bertz CT molecular complexity index is 832. The molecule has 1 aromatic carbocycles. The molecule has 25 heavy (non-hydrogen) atoms. The summed E-state index contributed by atoms with van der Waals surface area (Å²) in [5, 5.41) is 3.38. The first-order valence-electron chi connectivity index (χ1n) is 7.35. The summed E-state index contributed by atoms with van der Waals surface area (Å²) in [5.41, 5.74) is 0.653. The van der Waals surface area contributed by atoms with Crippen molar-refractivity contribution in [2.75, 3.05) is 20.3 Å². The molecule has 1 aromatic heterocycles. The van der Waals surface area contributed by atoms with Gasteiger partial charge in [-0.1, -0.05) is 24.2 Å². The number of aryl methyl sites for hydroxylation is 1. The molecule has 138 valence electrons. The van der Waals surface area contributed by atoms with Crippen molar-refractivity contribution < 1.29 is 30.8 Å². The predicted molar refractivity (Wildman–Crippen MR) is 83.4 cm³/mol. The largest absolute Gasteiger partial charge is 0.452 e. The summed E-state index contributed by atoms with van der Waals surface area (Å²) < 4.78 is 74.2. The van der Waals surface area contributed by atoms with Crippen molar-refractivity contribution in [3.63, 3.8) is 0 Å². The number of hydrogen-bond acceptors (Lipinski definition) is 5. The average molecular weight is 378 g/mol. The third-order valence-corrected chi connectivity index (χ3v) is 4.96. The van der Waals surface area contributed by atoms with Crippen molar-refractivity contribution in [1.82, 2.24) is 9.88 Å².